The van der Waals surface area contributed by atoms with Crippen LogP contribution in [0.15, 0.2) is 24.8 Å². The van der Waals surface area contributed by atoms with Crippen LogP contribution >= 0.6 is 0 Å². The smallest absolute Gasteiger partial charge is 0.270 e. The van der Waals surface area contributed by atoms with Gasteiger partial charge in [0, 0.05) is 30.4 Å². The number of allylic oxidation sites excluding steroid dienone is 1. The third-order valence-corrected chi connectivity index (χ3v) is 1.94. The predicted molar refractivity (Wildman–Crippen MR) is 57.4 cm³/mol. The molecule has 0 aliphatic heterocycles. The highest BCUT2D eigenvalue weighted by atomic mass is 16.6. The highest BCUT2D eigenvalue weighted by Crippen LogP contribution is 2.26. The van der Waals surface area contributed by atoms with Crippen LogP contribution in [0, 0.1) is 10.1 Å². The lowest BCUT2D eigenvalue weighted by Gasteiger charge is -2.07. The first-order valence-electron chi connectivity index (χ1n) is 4.18. The minimum absolute atomic E-state index is 0.0852. The van der Waals surface area contributed by atoms with Crippen molar-refractivity contribution in [3.05, 3.63) is 40.5 Å². The van der Waals surface area contributed by atoms with E-state index in [9.17, 15) is 10.1 Å². The van der Waals surface area contributed by atoms with E-state index in [1.807, 2.05) is 6.92 Å². The second-order valence-corrected chi connectivity index (χ2v) is 3.02. The highest BCUT2D eigenvalue weighted by Gasteiger charge is 2.09. The molecule has 0 atom stereocenters. The molecule has 14 heavy (non-hydrogen) atoms. The van der Waals surface area contributed by atoms with Gasteiger partial charge in [0.05, 0.1) is 4.92 Å². The maximum Gasteiger partial charge on any atom is 0.270 e. The summed E-state index contributed by atoms with van der Waals surface area (Å²) in [6.07, 6.45) is 0. The molecule has 0 aliphatic rings. The zero-order valence-electron chi connectivity index (χ0n) is 8.20. The van der Waals surface area contributed by atoms with Gasteiger partial charge >= 0.3 is 0 Å². The molecule has 0 amide bonds. The molecular formula is C10H12N2O2. The molecule has 0 saturated carbocycles. The molecule has 1 N–H and O–H groups in total. The van der Waals surface area contributed by atoms with Gasteiger partial charge in [-0.2, -0.15) is 0 Å². The lowest BCUT2D eigenvalue weighted by molar-refractivity contribution is -0.384. The van der Waals surface area contributed by atoms with Crippen molar-refractivity contribution < 1.29 is 4.92 Å². The SMILES string of the molecule is C=C(C)c1cc([N+](=O)[O-])ccc1NC. The molecule has 1 aromatic rings. The van der Waals surface area contributed by atoms with Crippen LogP contribution in [-0.4, -0.2) is 12.0 Å². The molecular weight excluding hydrogens is 180 g/mol. The second-order valence-electron chi connectivity index (χ2n) is 3.02. The number of anilines is 1. The van der Waals surface area contributed by atoms with Gasteiger partial charge in [-0.1, -0.05) is 6.58 Å². The van der Waals surface area contributed by atoms with Crippen LogP contribution in [0.5, 0.6) is 0 Å². The first kappa shape index (κ1) is 10.2. The number of hydrogen-bond donors (Lipinski definition) is 1. The average Bonchev–Trinajstić information content (AvgIpc) is 2.16. The van der Waals surface area contributed by atoms with Crippen molar-refractivity contribution in [1.82, 2.24) is 0 Å². The van der Waals surface area contributed by atoms with E-state index in [-0.39, 0.29) is 5.69 Å². The van der Waals surface area contributed by atoms with Crippen LogP contribution in [0.4, 0.5) is 11.4 Å². The van der Waals surface area contributed by atoms with Crippen molar-refractivity contribution in [3.8, 4) is 0 Å². The van der Waals surface area contributed by atoms with Gasteiger partial charge in [-0.05, 0) is 18.6 Å². The fourth-order valence-corrected chi connectivity index (χ4v) is 1.22. The lowest BCUT2D eigenvalue weighted by atomic mass is 10.1. The van der Waals surface area contributed by atoms with Crippen molar-refractivity contribution in [2.45, 2.75) is 6.92 Å². The molecule has 0 bridgehead atoms. The molecule has 1 rings (SSSR count). The van der Waals surface area contributed by atoms with Gasteiger partial charge in [-0.15, -0.1) is 0 Å². The summed E-state index contributed by atoms with van der Waals surface area (Å²) in [6, 6.07) is 4.68. The van der Waals surface area contributed by atoms with Crippen LogP contribution in [0.25, 0.3) is 5.57 Å². The molecule has 0 fully saturated rings. The van der Waals surface area contributed by atoms with E-state index in [2.05, 4.69) is 11.9 Å². The van der Waals surface area contributed by atoms with Crippen LogP contribution in [0.1, 0.15) is 12.5 Å². The summed E-state index contributed by atoms with van der Waals surface area (Å²) in [6.45, 7) is 5.59. The van der Waals surface area contributed by atoms with Gasteiger partial charge in [-0.3, -0.25) is 10.1 Å². The van der Waals surface area contributed by atoms with Crippen molar-refractivity contribution in [3.63, 3.8) is 0 Å². The van der Waals surface area contributed by atoms with E-state index in [0.717, 1.165) is 16.8 Å². The summed E-state index contributed by atoms with van der Waals surface area (Å²) in [4.78, 5) is 10.1. The van der Waals surface area contributed by atoms with E-state index in [0.29, 0.717) is 0 Å². The topological polar surface area (TPSA) is 55.2 Å². The number of nitro groups is 1. The first-order valence-corrected chi connectivity index (χ1v) is 4.18. The van der Waals surface area contributed by atoms with Crippen LogP contribution < -0.4 is 5.32 Å². The van der Waals surface area contributed by atoms with Crippen LogP contribution in [0.2, 0.25) is 0 Å². The van der Waals surface area contributed by atoms with Crippen molar-refractivity contribution in [2.24, 2.45) is 0 Å². The molecule has 0 radical (unpaired) electrons. The Morgan fingerprint density at radius 3 is 2.64 bits per heavy atom. The van der Waals surface area contributed by atoms with E-state index >= 15 is 0 Å². The molecule has 0 unspecified atom stereocenters. The standard InChI is InChI=1S/C10H12N2O2/c1-7(2)9-6-8(12(13)14)4-5-10(9)11-3/h4-6,11H,1H2,2-3H3. The minimum atomic E-state index is -0.411. The van der Waals surface area contributed by atoms with Gasteiger partial charge in [0.15, 0.2) is 0 Å². The maximum absolute atomic E-state index is 10.5. The Morgan fingerprint density at radius 2 is 2.21 bits per heavy atom. The Hall–Kier alpha value is -1.84. The number of benzene rings is 1. The number of non-ortho nitro benzene ring substituents is 1. The number of rotatable bonds is 3. The van der Waals surface area contributed by atoms with Crippen molar-refractivity contribution in [1.29, 1.82) is 0 Å². The van der Waals surface area contributed by atoms with Crippen molar-refractivity contribution >= 4 is 16.9 Å². The van der Waals surface area contributed by atoms with E-state index in [4.69, 9.17) is 0 Å². The maximum atomic E-state index is 10.5. The van der Waals surface area contributed by atoms with Gasteiger partial charge in [0.2, 0.25) is 0 Å². The first-order chi connectivity index (χ1) is 6.56. The molecule has 74 valence electrons. The third-order valence-electron chi connectivity index (χ3n) is 1.94. The number of nitrogens with zero attached hydrogens (tertiary/aromatic N) is 1. The second kappa shape index (κ2) is 3.91. The summed E-state index contributed by atoms with van der Waals surface area (Å²) < 4.78 is 0. The number of hydrogen-bond acceptors (Lipinski definition) is 3. The van der Waals surface area contributed by atoms with Gasteiger partial charge in [-0.25, -0.2) is 0 Å². The molecule has 0 heterocycles. The quantitative estimate of drug-likeness (QED) is 0.591. The zero-order chi connectivity index (χ0) is 10.7. The zero-order valence-corrected chi connectivity index (χ0v) is 8.20. The molecule has 0 aromatic heterocycles. The minimum Gasteiger partial charge on any atom is -0.388 e. The molecule has 4 nitrogen and oxygen atoms in total. The lowest BCUT2D eigenvalue weighted by Crippen LogP contribution is -1.95. The van der Waals surface area contributed by atoms with Gasteiger partial charge in [0.1, 0.15) is 0 Å². The Labute approximate surface area is 82.4 Å². The fourth-order valence-electron chi connectivity index (χ4n) is 1.22. The molecule has 0 spiro atoms. The summed E-state index contributed by atoms with van der Waals surface area (Å²) in [5.74, 6) is 0. The number of nitro benzene ring substituents is 1. The normalized spacial score (nSPS) is 9.57. The number of nitrogens with one attached hydrogen (secondary N) is 1. The molecule has 0 aliphatic carbocycles. The highest BCUT2D eigenvalue weighted by molar-refractivity contribution is 5.75. The van der Waals surface area contributed by atoms with Crippen LogP contribution in [0.3, 0.4) is 0 Å². The van der Waals surface area contributed by atoms with E-state index in [1.54, 1.807) is 13.1 Å². The van der Waals surface area contributed by atoms with Crippen LogP contribution in [-0.2, 0) is 0 Å². The Balaban J connectivity index is 3.27. The summed E-state index contributed by atoms with van der Waals surface area (Å²) >= 11 is 0. The Kier molecular flexibility index (Phi) is 2.86. The third kappa shape index (κ3) is 1.90. The predicted octanol–water partition coefficient (Wildman–Crippen LogP) is 2.67. The van der Waals surface area contributed by atoms with Crippen molar-refractivity contribution in [2.75, 3.05) is 12.4 Å². The van der Waals surface area contributed by atoms with E-state index < -0.39 is 4.92 Å². The molecule has 0 saturated heterocycles. The summed E-state index contributed by atoms with van der Waals surface area (Å²) in [7, 11) is 1.77. The fraction of sp³-hybridized carbons (Fsp3) is 0.200. The molecule has 4 heteroatoms. The average molecular weight is 192 g/mol. The van der Waals surface area contributed by atoms with E-state index in [1.165, 1.54) is 12.1 Å². The summed E-state index contributed by atoms with van der Waals surface area (Å²) in [5, 5.41) is 13.5. The van der Waals surface area contributed by atoms with Gasteiger partial charge in [0.25, 0.3) is 5.69 Å². The summed E-state index contributed by atoms with van der Waals surface area (Å²) in [5.41, 5.74) is 2.52. The Bertz CT molecular complexity index is 386. The monoisotopic (exact) mass is 192 g/mol. The molecule has 1 aromatic carbocycles. The largest absolute Gasteiger partial charge is 0.388 e. The Morgan fingerprint density at radius 1 is 1.57 bits per heavy atom. The van der Waals surface area contributed by atoms with Gasteiger partial charge < -0.3 is 5.32 Å².